The lowest BCUT2D eigenvalue weighted by molar-refractivity contribution is -0.161. The Kier molecular flexibility index (Phi) is 34.3. The first kappa shape index (κ1) is 51.4. The van der Waals surface area contributed by atoms with Crippen molar-refractivity contribution in [3.63, 3.8) is 0 Å². The van der Waals surface area contributed by atoms with Gasteiger partial charge in [-0.2, -0.15) is 0 Å². The number of hydrogen-bond acceptors (Lipinski definition) is 10. The van der Waals surface area contributed by atoms with Crippen LogP contribution in [0.5, 0.6) is 0 Å². The fourth-order valence-corrected chi connectivity index (χ4v) is 5.61. The molecule has 4 atom stereocenters. The Morgan fingerprint density at radius 3 is 1.91 bits per heavy atom. The number of unbranched alkanes of at least 4 members (excludes halogenated alkanes) is 7. The van der Waals surface area contributed by atoms with E-state index in [4.69, 9.17) is 19.1 Å². The Morgan fingerprint density at radius 2 is 1.28 bits per heavy atom. The van der Waals surface area contributed by atoms with Crippen LogP contribution in [-0.2, 0) is 32.7 Å². The van der Waals surface area contributed by atoms with Crippen molar-refractivity contribution >= 4 is 19.8 Å². The molecule has 0 spiro atoms. The first-order valence-corrected chi connectivity index (χ1v) is 21.4. The number of carbonyl (C=O) groups is 2. The van der Waals surface area contributed by atoms with E-state index >= 15 is 0 Å². The molecule has 0 aromatic rings. The summed E-state index contributed by atoms with van der Waals surface area (Å²) in [4.78, 5) is 34.8. The van der Waals surface area contributed by atoms with E-state index in [9.17, 15) is 29.3 Å². The average molecular weight is 783 g/mol. The summed E-state index contributed by atoms with van der Waals surface area (Å²) in [5.74, 6) is -0.302. The number of allylic oxidation sites excluding steroid dienone is 10. The third-order valence-corrected chi connectivity index (χ3v) is 8.85. The average Bonchev–Trinajstić information content (AvgIpc) is 3.14. The van der Waals surface area contributed by atoms with Crippen LogP contribution in [0, 0.1) is 5.92 Å². The number of rotatable bonds is 35. The maximum absolute atomic E-state index is 12.5. The van der Waals surface area contributed by atoms with Crippen molar-refractivity contribution in [1.82, 2.24) is 0 Å². The number of hydrogen-bond donors (Lipinski definition) is 4. The van der Waals surface area contributed by atoms with Gasteiger partial charge in [-0.05, 0) is 50.9 Å². The summed E-state index contributed by atoms with van der Waals surface area (Å²) in [6.07, 6.45) is 35.2. The zero-order chi connectivity index (χ0) is 40.1. The summed E-state index contributed by atoms with van der Waals surface area (Å²) in [5.41, 5.74) is 0. The van der Waals surface area contributed by atoms with Gasteiger partial charge >= 0.3 is 19.8 Å². The number of phosphoric ester groups is 1. The molecular weight excluding hydrogens is 711 g/mol. The van der Waals surface area contributed by atoms with Crippen molar-refractivity contribution in [2.75, 3.05) is 26.4 Å². The van der Waals surface area contributed by atoms with Crippen LogP contribution in [0.15, 0.2) is 72.9 Å². The first-order chi connectivity index (χ1) is 26.0. The van der Waals surface area contributed by atoms with E-state index in [1.54, 1.807) is 6.08 Å². The van der Waals surface area contributed by atoms with Crippen LogP contribution in [0.4, 0.5) is 0 Å². The molecule has 0 saturated carbocycles. The second-order valence-corrected chi connectivity index (χ2v) is 15.1. The monoisotopic (exact) mass is 782 g/mol. The van der Waals surface area contributed by atoms with E-state index in [0.29, 0.717) is 25.7 Å². The van der Waals surface area contributed by atoms with Crippen LogP contribution in [-0.4, -0.2) is 76.9 Å². The number of aliphatic hydroxyl groups excluding tert-OH is 3. The van der Waals surface area contributed by atoms with E-state index in [-0.39, 0.29) is 19.4 Å². The molecule has 0 aromatic heterocycles. The summed E-state index contributed by atoms with van der Waals surface area (Å²) in [6, 6.07) is 0. The highest BCUT2D eigenvalue weighted by Gasteiger charge is 2.27. The molecule has 4 N–H and O–H groups in total. The van der Waals surface area contributed by atoms with Gasteiger partial charge in [0.15, 0.2) is 6.10 Å². The van der Waals surface area contributed by atoms with E-state index < -0.39 is 57.9 Å². The minimum Gasteiger partial charge on any atom is -0.462 e. The molecule has 0 bridgehead atoms. The second kappa shape index (κ2) is 36.0. The molecule has 12 heteroatoms. The number of ether oxygens (including phenoxy) is 2. The Hall–Kier alpha value is -2.63. The summed E-state index contributed by atoms with van der Waals surface area (Å²) in [7, 11) is -4.65. The topological polar surface area (TPSA) is 169 Å². The minimum absolute atomic E-state index is 0.0404. The summed E-state index contributed by atoms with van der Waals surface area (Å²) in [5, 5.41) is 28.1. The van der Waals surface area contributed by atoms with Gasteiger partial charge in [-0.25, -0.2) is 4.57 Å². The predicted molar refractivity (Wildman–Crippen MR) is 216 cm³/mol. The van der Waals surface area contributed by atoms with Gasteiger partial charge in [0.1, 0.15) is 12.7 Å². The van der Waals surface area contributed by atoms with Crippen molar-refractivity contribution in [2.24, 2.45) is 5.92 Å². The van der Waals surface area contributed by atoms with Gasteiger partial charge in [0.05, 0.1) is 25.9 Å². The Balaban J connectivity index is 4.53. The third-order valence-electron chi connectivity index (χ3n) is 7.90. The van der Waals surface area contributed by atoms with E-state index in [1.807, 2.05) is 48.6 Å². The van der Waals surface area contributed by atoms with Gasteiger partial charge < -0.3 is 29.7 Å². The standard InChI is InChI=1S/C42H71O11P/c1-4-5-23-29-38(44)30-25-20-16-11-9-7-6-8-10-12-18-22-27-32-42(47)53-40(36-52-54(48,49)51-34-39(45)33-43)35-50-41(46)31-26-21-17-14-13-15-19-24-28-37(2)3/h5,7-10,16,18,20,22-23,25,30,37-40,43-45H,4,6,11-15,17,19,21,24,26-29,31-36H2,1-3H3,(H,48,49)/b9-7-,10-8-,20-16+,22-18-,23-5-,30-25+/t38?,39-,40+/m0/s1. The zero-order valence-electron chi connectivity index (χ0n) is 33.2. The lowest BCUT2D eigenvalue weighted by atomic mass is 10.0. The Morgan fingerprint density at radius 1 is 0.685 bits per heavy atom. The van der Waals surface area contributed by atoms with Crippen LogP contribution in [0.2, 0.25) is 0 Å². The van der Waals surface area contributed by atoms with Gasteiger partial charge in [-0.1, -0.05) is 145 Å². The molecule has 11 nitrogen and oxygen atoms in total. The van der Waals surface area contributed by atoms with E-state index in [1.165, 1.54) is 32.1 Å². The zero-order valence-corrected chi connectivity index (χ0v) is 34.1. The highest BCUT2D eigenvalue weighted by molar-refractivity contribution is 7.47. The molecule has 0 aromatic carbocycles. The molecule has 0 saturated heterocycles. The lowest BCUT2D eigenvalue weighted by Crippen LogP contribution is -2.29. The van der Waals surface area contributed by atoms with Gasteiger partial charge in [0, 0.05) is 12.8 Å². The van der Waals surface area contributed by atoms with Crippen molar-refractivity contribution in [3.05, 3.63) is 72.9 Å². The Bertz CT molecular complexity index is 1160. The maximum Gasteiger partial charge on any atom is 0.472 e. The maximum atomic E-state index is 12.5. The highest BCUT2D eigenvalue weighted by atomic mass is 31.2. The molecule has 310 valence electrons. The number of aliphatic hydroxyl groups is 3. The fraction of sp³-hybridized carbons (Fsp3) is 0.667. The number of esters is 2. The normalized spacial score (nSPS) is 15.4. The summed E-state index contributed by atoms with van der Waals surface area (Å²) in [6.45, 7) is 4.31. The Labute approximate surface area is 325 Å². The summed E-state index contributed by atoms with van der Waals surface area (Å²) < 4.78 is 32.5. The molecule has 2 unspecified atom stereocenters. The predicted octanol–water partition coefficient (Wildman–Crippen LogP) is 8.93. The van der Waals surface area contributed by atoms with Crippen molar-refractivity contribution in [2.45, 2.75) is 148 Å². The van der Waals surface area contributed by atoms with Crippen LogP contribution < -0.4 is 0 Å². The van der Waals surface area contributed by atoms with Gasteiger partial charge in [-0.3, -0.25) is 18.6 Å². The van der Waals surface area contributed by atoms with E-state index in [0.717, 1.165) is 44.4 Å². The van der Waals surface area contributed by atoms with Crippen molar-refractivity contribution in [3.8, 4) is 0 Å². The molecule has 0 aliphatic heterocycles. The largest absolute Gasteiger partial charge is 0.472 e. The highest BCUT2D eigenvalue weighted by Crippen LogP contribution is 2.43. The third kappa shape index (κ3) is 36.4. The molecule has 0 heterocycles. The van der Waals surface area contributed by atoms with Gasteiger partial charge in [0.25, 0.3) is 0 Å². The quantitative estimate of drug-likeness (QED) is 0.0159. The molecule has 0 aliphatic rings. The SMILES string of the molecule is CC/C=C\CC(O)/C=C/C=C/C/C=C\C/C=C\C/C=C\CCC(=O)O[C@H](COC(=O)CCCCCCCCCCC(C)C)COP(=O)(O)OC[C@@H](O)CO. The summed E-state index contributed by atoms with van der Waals surface area (Å²) >= 11 is 0. The van der Waals surface area contributed by atoms with Gasteiger partial charge in [0.2, 0.25) is 0 Å². The van der Waals surface area contributed by atoms with Crippen molar-refractivity contribution < 1.29 is 52.9 Å². The molecular formula is C42H71O11P. The molecule has 0 amide bonds. The number of phosphoric acid groups is 1. The van der Waals surface area contributed by atoms with Crippen LogP contribution in [0.3, 0.4) is 0 Å². The second-order valence-electron chi connectivity index (χ2n) is 13.6. The van der Waals surface area contributed by atoms with Crippen LogP contribution in [0.1, 0.15) is 130 Å². The van der Waals surface area contributed by atoms with E-state index in [2.05, 4.69) is 43.5 Å². The number of carbonyl (C=O) groups excluding carboxylic acids is 2. The molecule has 0 fully saturated rings. The first-order valence-electron chi connectivity index (χ1n) is 19.9. The smallest absolute Gasteiger partial charge is 0.462 e. The van der Waals surface area contributed by atoms with Crippen LogP contribution >= 0.6 is 7.82 Å². The van der Waals surface area contributed by atoms with Gasteiger partial charge in [-0.15, -0.1) is 0 Å². The van der Waals surface area contributed by atoms with Crippen molar-refractivity contribution in [1.29, 1.82) is 0 Å². The molecule has 54 heavy (non-hydrogen) atoms. The minimum atomic E-state index is -4.65. The fourth-order valence-electron chi connectivity index (χ4n) is 4.82. The molecule has 0 rings (SSSR count). The molecule has 0 radical (unpaired) electrons. The molecule has 0 aliphatic carbocycles. The van der Waals surface area contributed by atoms with Crippen LogP contribution in [0.25, 0.3) is 0 Å². The lowest BCUT2D eigenvalue weighted by Gasteiger charge is -2.20.